The van der Waals surface area contributed by atoms with E-state index in [0.29, 0.717) is 31.9 Å². The predicted octanol–water partition coefficient (Wildman–Crippen LogP) is 1.71. The Kier molecular flexibility index (Phi) is 5.95. The first-order valence-corrected chi connectivity index (χ1v) is 5.51. The van der Waals surface area contributed by atoms with E-state index < -0.39 is 6.29 Å². The molecular weight excluding hydrogens is 213 g/mol. The zero-order valence-corrected chi connectivity index (χ0v) is 9.73. The Morgan fingerprint density at radius 1 is 1.38 bits per heavy atom. The van der Waals surface area contributed by atoms with Gasteiger partial charge in [0.15, 0.2) is 0 Å². The van der Waals surface area contributed by atoms with Gasteiger partial charge < -0.3 is 9.47 Å². The summed E-state index contributed by atoms with van der Waals surface area (Å²) in [6, 6.07) is 0. The number of aromatic nitrogens is 3. The summed E-state index contributed by atoms with van der Waals surface area (Å²) in [5.74, 6) is 0. The van der Waals surface area contributed by atoms with Crippen molar-refractivity contribution in [2.24, 2.45) is 0 Å². The van der Waals surface area contributed by atoms with E-state index in [-0.39, 0.29) is 6.67 Å². The third kappa shape index (κ3) is 3.86. The summed E-state index contributed by atoms with van der Waals surface area (Å²) in [5, 5.41) is 7.83. The van der Waals surface area contributed by atoms with Gasteiger partial charge >= 0.3 is 0 Å². The molecule has 0 N–H and O–H groups in total. The van der Waals surface area contributed by atoms with Crippen LogP contribution in [-0.4, -0.2) is 34.9 Å². The lowest BCUT2D eigenvalue weighted by atomic mass is 10.4. The van der Waals surface area contributed by atoms with Crippen molar-refractivity contribution in [1.29, 1.82) is 0 Å². The van der Waals surface area contributed by atoms with Gasteiger partial charge in [0.05, 0.1) is 12.9 Å². The minimum atomic E-state index is -0.478. The summed E-state index contributed by atoms with van der Waals surface area (Å²) in [4.78, 5) is 0. The molecule has 0 saturated carbocycles. The smallest absolute Gasteiger partial charge is 0.204 e. The molecule has 0 atom stereocenters. The Morgan fingerprint density at radius 3 is 2.62 bits per heavy atom. The van der Waals surface area contributed by atoms with E-state index >= 15 is 0 Å². The van der Waals surface area contributed by atoms with Gasteiger partial charge in [-0.15, -0.1) is 5.10 Å². The minimum absolute atomic E-state index is 0.352. The second-order valence-electron chi connectivity index (χ2n) is 3.19. The number of rotatable bonds is 8. The zero-order valence-electron chi connectivity index (χ0n) is 9.73. The molecule has 1 heterocycles. The molecule has 0 aliphatic heterocycles. The number of nitrogens with zero attached hydrogens (tertiary/aromatic N) is 3. The highest BCUT2D eigenvalue weighted by Gasteiger charge is 2.15. The van der Waals surface area contributed by atoms with Crippen LogP contribution >= 0.6 is 0 Å². The summed E-state index contributed by atoms with van der Waals surface area (Å²) in [7, 11) is 0. The quantitative estimate of drug-likeness (QED) is 0.639. The van der Waals surface area contributed by atoms with Crippen LogP contribution in [0.4, 0.5) is 4.39 Å². The van der Waals surface area contributed by atoms with E-state index in [2.05, 4.69) is 10.3 Å². The summed E-state index contributed by atoms with van der Waals surface area (Å²) < 4.78 is 24.3. The SMILES string of the molecule is CCOC(OCC)c1cn(CCCF)nn1. The van der Waals surface area contributed by atoms with Crippen molar-refractivity contribution in [3.05, 3.63) is 11.9 Å². The number of hydrogen-bond donors (Lipinski definition) is 0. The minimum Gasteiger partial charge on any atom is -0.347 e. The standard InChI is InChI=1S/C10H18FN3O2/c1-3-15-10(16-4-2)9-8-14(13-12-9)7-5-6-11/h8,10H,3-7H2,1-2H3. The van der Waals surface area contributed by atoms with Crippen LogP contribution in [0.2, 0.25) is 0 Å². The molecule has 92 valence electrons. The predicted molar refractivity (Wildman–Crippen MR) is 56.6 cm³/mol. The average Bonchev–Trinajstić information content (AvgIpc) is 2.74. The van der Waals surface area contributed by atoms with Gasteiger partial charge in [0.2, 0.25) is 6.29 Å². The first-order valence-electron chi connectivity index (χ1n) is 5.51. The Labute approximate surface area is 94.5 Å². The van der Waals surface area contributed by atoms with Gasteiger partial charge in [-0.2, -0.15) is 0 Å². The first kappa shape index (κ1) is 13.1. The maximum atomic E-state index is 12.0. The van der Waals surface area contributed by atoms with Gasteiger partial charge in [-0.1, -0.05) is 5.21 Å². The molecule has 0 amide bonds. The third-order valence-corrected chi connectivity index (χ3v) is 1.95. The molecule has 0 fully saturated rings. The molecular formula is C10H18FN3O2. The number of halogens is 1. The molecule has 0 aliphatic rings. The normalized spacial score (nSPS) is 11.2. The summed E-state index contributed by atoms with van der Waals surface area (Å²) in [5.41, 5.74) is 0.627. The molecule has 0 bridgehead atoms. The molecule has 1 aromatic rings. The molecule has 1 rings (SSSR count). The molecule has 5 nitrogen and oxygen atoms in total. The number of alkyl halides is 1. The van der Waals surface area contributed by atoms with E-state index in [1.807, 2.05) is 13.8 Å². The Hall–Kier alpha value is -1.01. The van der Waals surface area contributed by atoms with Crippen LogP contribution in [-0.2, 0) is 16.0 Å². The van der Waals surface area contributed by atoms with Crippen molar-refractivity contribution in [2.75, 3.05) is 19.9 Å². The topological polar surface area (TPSA) is 49.2 Å². The molecule has 6 heteroatoms. The lowest BCUT2D eigenvalue weighted by Gasteiger charge is -2.13. The van der Waals surface area contributed by atoms with Crippen LogP contribution in [0.3, 0.4) is 0 Å². The monoisotopic (exact) mass is 231 g/mol. The van der Waals surface area contributed by atoms with Gasteiger partial charge in [-0.25, -0.2) is 0 Å². The molecule has 0 saturated heterocycles. The lowest BCUT2D eigenvalue weighted by Crippen LogP contribution is -2.09. The number of hydrogen-bond acceptors (Lipinski definition) is 4. The van der Waals surface area contributed by atoms with E-state index in [4.69, 9.17) is 9.47 Å². The van der Waals surface area contributed by atoms with Crippen molar-refractivity contribution in [2.45, 2.75) is 33.1 Å². The highest BCUT2D eigenvalue weighted by Crippen LogP contribution is 2.15. The Balaban J connectivity index is 2.58. The second-order valence-corrected chi connectivity index (χ2v) is 3.19. The van der Waals surface area contributed by atoms with Gasteiger partial charge in [0, 0.05) is 19.8 Å². The Bertz CT molecular complexity index is 287. The van der Waals surface area contributed by atoms with Crippen molar-refractivity contribution in [1.82, 2.24) is 15.0 Å². The fourth-order valence-electron chi connectivity index (χ4n) is 1.27. The summed E-state index contributed by atoms with van der Waals surface area (Å²) >= 11 is 0. The summed E-state index contributed by atoms with van der Waals surface area (Å²) in [6.07, 6.45) is 1.69. The van der Waals surface area contributed by atoms with Gasteiger partial charge in [-0.3, -0.25) is 9.07 Å². The van der Waals surface area contributed by atoms with Crippen molar-refractivity contribution in [3.63, 3.8) is 0 Å². The fourth-order valence-corrected chi connectivity index (χ4v) is 1.27. The van der Waals surface area contributed by atoms with E-state index in [1.54, 1.807) is 10.9 Å². The fraction of sp³-hybridized carbons (Fsp3) is 0.800. The van der Waals surface area contributed by atoms with Crippen LogP contribution in [0.25, 0.3) is 0 Å². The average molecular weight is 231 g/mol. The first-order chi connectivity index (χ1) is 7.81. The van der Waals surface area contributed by atoms with Gasteiger partial charge in [0.25, 0.3) is 0 Å². The van der Waals surface area contributed by atoms with E-state index in [9.17, 15) is 4.39 Å². The van der Waals surface area contributed by atoms with Crippen LogP contribution in [0.1, 0.15) is 32.3 Å². The molecule has 0 spiro atoms. The van der Waals surface area contributed by atoms with Gasteiger partial charge in [-0.05, 0) is 20.3 Å². The van der Waals surface area contributed by atoms with Gasteiger partial charge in [0.1, 0.15) is 5.69 Å². The number of aryl methyl sites for hydroxylation is 1. The maximum absolute atomic E-state index is 12.0. The molecule has 16 heavy (non-hydrogen) atoms. The Morgan fingerprint density at radius 2 is 2.06 bits per heavy atom. The molecule has 0 aromatic carbocycles. The largest absolute Gasteiger partial charge is 0.347 e. The van der Waals surface area contributed by atoms with Crippen molar-refractivity contribution >= 4 is 0 Å². The van der Waals surface area contributed by atoms with E-state index in [0.717, 1.165) is 0 Å². The lowest BCUT2D eigenvalue weighted by molar-refractivity contribution is -0.142. The van der Waals surface area contributed by atoms with Crippen molar-refractivity contribution < 1.29 is 13.9 Å². The molecule has 1 aromatic heterocycles. The summed E-state index contributed by atoms with van der Waals surface area (Å²) in [6.45, 7) is 5.03. The molecule has 0 aliphatic carbocycles. The number of ether oxygens (including phenoxy) is 2. The third-order valence-electron chi connectivity index (χ3n) is 1.95. The van der Waals surface area contributed by atoms with Crippen LogP contribution in [0.15, 0.2) is 6.20 Å². The van der Waals surface area contributed by atoms with Crippen LogP contribution in [0, 0.1) is 0 Å². The zero-order chi connectivity index (χ0) is 11.8. The molecule has 0 unspecified atom stereocenters. The maximum Gasteiger partial charge on any atom is 0.204 e. The highest BCUT2D eigenvalue weighted by molar-refractivity contribution is 4.94. The van der Waals surface area contributed by atoms with Crippen LogP contribution < -0.4 is 0 Å². The van der Waals surface area contributed by atoms with Crippen molar-refractivity contribution in [3.8, 4) is 0 Å². The van der Waals surface area contributed by atoms with E-state index in [1.165, 1.54) is 0 Å². The van der Waals surface area contributed by atoms with Crippen LogP contribution in [0.5, 0.6) is 0 Å². The molecule has 0 radical (unpaired) electrons. The second kappa shape index (κ2) is 7.29. The highest BCUT2D eigenvalue weighted by atomic mass is 19.1.